The van der Waals surface area contributed by atoms with Crippen LogP contribution in [0.2, 0.25) is 0 Å². The molecule has 5 heteroatoms. The Hall–Kier alpha value is -1.23. The second-order valence-corrected chi connectivity index (χ2v) is 5.32. The highest BCUT2D eigenvalue weighted by molar-refractivity contribution is 5.64. The molecule has 2 rings (SSSR count). The molecule has 2 nitrogen and oxygen atoms in total. The number of anilines is 1. The number of nitrogens with zero attached hydrogens (tertiary/aromatic N) is 1. The van der Waals surface area contributed by atoms with Crippen molar-refractivity contribution in [2.75, 3.05) is 18.5 Å². The van der Waals surface area contributed by atoms with E-state index in [0.717, 1.165) is 6.07 Å². The van der Waals surface area contributed by atoms with Gasteiger partial charge in [0.15, 0.2) is 0 Å². The third kappa shape index (κ3) is 2.07. The molecule has 0 fully saturated rings. The summed E-state index contributed by atoms with van der Waals surface area (Å²) >= 11 is 0. The van der Waals surface area contributed by atoms with Crippen molar-refractivity contribution in [2.24, 2.45) is 0 Å². The molecule has 0 aliphatic carbocycles. The summed E-state index contributed by atoms with van der Waals surface area (Å²) in [7, 11) is 1.74. The smallest absolute Gasteiger partial charge is 0.390 e. The Balaban J connectivity index is 2.63. The van der Waals surface area contributed by atoms with Crippen molar-refractivity contribution in [1.29, 1.82) is 0 Å². The van der Waals surface area contributed by atoms with Gasteiger partial charge in [-0.25, -0.2) is 0 Å². The van der Waals surface area contributed by atoms with Crippen molar-refractivity contribution in [3.05, 3.63) is 29.3 Å². The first-order valence-electron chi connectivity index (χ1n) is 5.76. The topological polar surface area (TPSA) is 23.5 Å². The van der Waals surface area contributed by atoms with Crippen LogP contribution < -0.4 is 4.90 Å². The van der Waals surface area contributed by atoms with E-state index in [-0.39, 0.29) is 5.56 Å². The number of rotatable bonds is 1. The van der Waals surface area contributed by atoms with Crippen molar-refractivity contribution < 1.29 is 18.3 Å². The van der Waals surface area contributed by atoms with E-state index >= 15 is 0 Å². The number of hydrogen-bond acceptors (Lipinski definition) is 2. The predicted molar refractivity (Wildman–Crippen MR) is 63.8 cm³/mol. The summed E-state index contributed by atoms with van der Waals surface area (Å²) in [5.74, 6) is -0.532. The van der Waals surface area contributed by atoms with E-state index in [0.29, 0.717) is 12.2 Å². The van der Waals surface area contributed by atoms with Gasteiger partial charge < -0.3 is 10.0 Å². The molecule has 0 amide bonds. The van der Waals surface area contributed by atoms with E-state index in [2.05, 4.69) is 0 Å². The fraction of sp³-hybridized carbons (Fsp3) is 0.538. The number of halogens is 3. The normalized spacial score (nSPS) is 20.2. The summed E-state index contributed by atoms with van der Waals surface area (Å²) in [6.45, 7) is 3.49. The zero-order valence-corrected chi connectivity index (χ0v) is 10.5. The maximum atomic E-state index is 13.0. The largest absolute Gasteiger partial charge is 0.416 e. The Kier molecular flexibility index (Phi) is 2.85. The van der Waals surface area contributed by atoms with Gasteiger partial charge in [-0.1, -0.05) is 6.07 Å². The lowest BCUT2D eigenvalue weighted by molar-refractivity contribution is -0.138. The highest BCUT2D eigenvalue weighted by Crippen LogP contribution is 2.47. The molecule has 0 aromatic heterocycles. The van der Waals surface area contributed by atoms with Gasteiger partial charge in [0.1, 0.15) is 0 Å². The lowest BCUT2D eigenvalue weighted by Gasteiger charge is -2.27. The van der Waals surface area contributed by atoms with E-state index in [4.69, 9.17) is 0 Å². The Labute approximate surface area is 104 Å². The molecule has 0 saturated heterocycles. The highest BCUT2D eigenvalue weighted by atomic mass is 19.4. The third-order valence-corrected chi connectivity index (χ3v) is 3.46. The van der Waals surface area contributed by atoms with E-state index in [9.17, 15) is 18.3 Å². The molecule has 100 valence electrons. The fourth-order valence-electron chi connectivity index (χ4n) is 2.54. The predicted octanol–water partition coefficient (Wildman–Crippen LogP) is 3.01. The number of alkyl halides is 3. The van der Waals surface area contributed by atoms with Crippen molar-refractivity contribution in [3.63, 3.8) is 0 Å². The molecule has 1 unspecified atom stereocenters. The minimum absolute atomic E-state index is 0.208. The summed E-state index contributed by atoms with van der Waals surface area (Å²) in [5, 5.41) is 10.1. The molecule has 1 heterocycles. The summed E-state index contributed by atoms with van der Waals surface area (Å²) < 4.78 is 39.1. The minimum atomic E-state index is -4.39. The van der Waals surface area contributed by atoms with Gasteiger partial charge in [-0.2, -0.15) is 13.2 Å². The van der Waals surface area contributed by atoms with Gasteiger partial charge in [-0.3, -0.25) is 0 Å². The van der Waals surface area contributed by atoms with Crippen LogP contribution in [0.1, 0.15) is 30.9 Å². The van der Waals surface area contributed by atoms with Crippen molar-refractivity contribution in [3.8, 4) is 0 Å². The van der Waals surface area contributed by atoms with Gasteiger partial charge >= 0.3 is 6.18 Å². The average Bonchev–Trinajstić information content (AvgIpc) is 2.54. The number of likely N-dealkylation sites (N-methyl/N-ethyl adjacent to an activating group) is 1. The zero-order valence-electron chi connectivity index (χ0n) is 10.5. The zero-order chi connectivity index (χ0) is 13.7. The van der Waals surface area contributed by atoms with Gasteiger partial charge in [-0.15, -0.1) is 0 Å². The van der Waals surface area contributed by atoms with Crippen LogP contribution in [0.15, 0.2) is 18.2 Å². The molecule has 1 aromatic carbocycles. The lowest BCUT2D eigenvalue weighted by Crippen LogP contribution is -2.33. The maximum Gasteiger partial charge on any atom is 0.416 e. The van der Waals surface area contributed by atoms with Crippen molar-refractivity contribution in [2.45, 2.75) is 31.5 Å². The third-order valence-electron chi connectivity index (χ3n) is 3.46. The van der Waals surface area contributed by atoms with E-state index in [1.165, 1.54) is 6.07 Å². The maximum absolute atomic E-state index is 13.0. The number of hydrogen-bond donors (Lipinski definition) is 1. The van der Waals surface area contributed by atoms with Crippen LogP contribution in [0.3, 0.4) is 0 Å². The van der Waals surface area contributed by atoms with Crippen molar-refractivity contribution in [1.82, 2.24) is 0 Å². The highest BCUT2D eigenvalue weighted by Gasteiger charge is 2.44. The van der Waals surface area contributed by atoms with Crippen molar-refractivity contribution >= 4 is 5.69 Å². The lowest BCUT2D eigenvalue weighted by atomic mass is 9.84. The van der Waals surface area contributed by atoms with E-state index < -0.39 is 23.3 Å². The molecule has 0 radical (unpaired) electrons. The number of aliphatic hydroxyl groups is 1. The van der Waals surface area contributed by atoms with Gasteiger partial charge in [0.25, 0.3) is 0 Å². The van der Waals surface area contributed by atoms with Crippen LogP contribution in [0.4, 0.5) is 18.9 Å². The van der Waals surface area contributed by atoms with Gasteiger partial charge in [0.2, 0.25) is 0 Å². The average molecular weight is 259 g/mol. The molecular weight excluding hydrogens is 243 g/mol. The van der Waals surface area contributed by atoms with Crippen LogP contribution in [0.25, 0.3) is 0 Å². The standard InChI is InChI=1S/C13H16F3NO/c1-12(2,18)9-7-17(3)10-6-4-5-8(11(9)10)13(14,15)16/h4-6,9,18H,7H2,1-3H3. The molecule has 18 heavy (non-hydrogen) atoms. The fourth-order valence-corrected chi connectivity index (χ4v) is 2.54. The number of benzene rings is 1. The van der Waals surface area contributed by atoms with Crippen LogP contribution >= 0.6 is 0 Å². The monoisotopic (exact) mass is 259 g/mol. The molecular formula is C13H16F3NO. The van der Waals surface area contributed by atoms with Gasteiger partial charge in [0, 0.05) is 25.2 Å². The molecule has 0 saturated carbocycles. The number of fused-ring (bicyclic) bond motifs is 1. The first-order chi connectivity index (χ1) is 8.12. The summed E-state index contributed by atoms with van der Waals surface area (Å²) in [6, 6.07) is 4.15. The Morgan fingerprint density at radius 2 is 1.89 bits per heavy atom. The molecule has 0 spiro atoms. The molecule has 1 aliphatic rings. The SMILES string of the molecule is CN1CC(C(C)(C)O)c2c1cccc2C(F)(F)F. The van der Waals surface area contributed by atoms with E-state index in [1.807, 2.05) is 0 Å². The molecule has 1 aliphatic heterocycles. The van der Waals surface area contributed by atoms with Crippen LogP contribution in [0, 0.1) is 0 Å². The van der Waals surface area contributed by atoms with Crippen LogP contribution in [-0.2, 0) is 6.18 Å². The minimum Gasteiger partial charge on any atom is -0.390 e. The molecule has 1 atom stereocenters. The van der Waals surface area contributed by atoms with E-state index in [1.54, 1.807) is 31.9 Å². The summed E-state index contributed by atoms with van der Waals surface area (Å²) in [6.07, 6.45) is -4.39. The Morgan fingerprint density at radius 3 is 2.39 bits per heavy atom. The van der Waals surface area contributed by atoms with Gasteiger partial charge in [-0.05, 0) is 31.5 Å². The second-order valence-electron chi connectivity index (χ2n) is 5.32. The second kappa shape index (κ2) is 3.88. The summed E-state index contributed by atoms with van der Waals surface area (Å²) in [5.41, 5.74) is -1.06. The van der Waals surface area contributed by atoms with Gasteiger partial charge in [0.05, 0.1) is 11.2 Å². The molecule has 1 N–H and O–H groups in total. The molecule has 0 bridgehead atoms. The first-order valence-corrected chi connectivity index (χ1v) is 5.76. The van der Waals surface area contributed by atoms with Crippen LogP contribution in [-0.4, -0.2) is 24.3 Å². The Bertz CT molecular complexity index is 462. The van der Waals surface area contributed by atoms with Crippen LogP contribution in [0.5, 0.6) is 0 Å². The quantitative estimate of drug-likeness (QED) is 0.838. The molecule has 1 aromatic rings. The Morgan fingerprint density at radius 1 is 1.28 bits per heavy atom. The first kappa shape index (κ1) is 13.2. The summed E-state index contributed by atoms with van der Waals surface area (Å²) in [4.78, 5) is 1.76.